The SMILES string of the molecule is O=C(CSc1ccc(S(=O)C(F)(F)C(F)(F)C(F)(F)F)cc1[N+](=O)[O-])OCC(F)(F)C(F)(F)C(F)(F)C(F)(F)C(F)(F)C(F)F. The van der Waals surface area contributed by atoms with E-state index in [1.807, 2.05) is 0 Å². The number of thioether (sulfide) groups is 1. The molecule has 0 saturated heterocycles. The highest BCUT2D eigenvalue weighted by Crippen LogP contribution is 2.58. The van der Waals surface area contributed by atoms with Crippen molar-refractivity contribution in [2.45, 2.75) is 63.2 Å². The number of benzene rings is 1. The van der Waals surface area contributed by atoms with Crippen LogP contribution in [0.1, 0.15) is 0 Å². The Morgan fingerprint density at radius 1 is 0.822 bits per heavy atom. The molecule has 1 atom stereocenters. The Morgan fingerprint density at radius 3 is 1.73 bits per heavy atom. The molecule has 45 heavy (non-hydrogen) atoms. The Hall–Kier alpha value is -2.74. The second-order valence-electron chi connectivity index (χ2n) is 8.04. The molecule has 1 rings (SSSR count). The number of carbonyl (C=O) groups is 1. The number of halogens is 19. The van der Waals surface area contributed by atoms with E-state index < -0.39 is 103 Å². The summed E-state index contributed by atoms with van der Waals surface area (Å²) >= 11 is -0.318. The molecule has 0 bridgehead atoms. The molecular weight excluding hydrogens is 735 g/mol. The molecule has 0 aliphatic heterocycles. The average Bonchev–Trinajstić information content (AvgIpc) is 2.88. The van der Waals surface area contributed by atoms with Crippen molar-refractivity contribution < 1.29 is 102 Å². The Balaban J connectivity index is 3.17. The van der Waals surface area contributed by atoms with E-state index in [1.165, 1.54) is 0 Å². The molecule has 260 valence electrons. The van der Waals surface area contributed by atoms with Crippen LogP contribution in [0.4, 0.5) is 89.1 Å². The summed E-state index contributed by atoms with van der Waals surface area (Å²) in [6.07, 6.45) is -12.7. The van der Waals surface area contributed by atoms with Crippen molar-refractivity contribution in [2.24, 2.45) is 0 Å². The molecule has 6 nitrogen and oxygen atoms in total. The van der Waals surface area contributed by atoms with Gasteiger partial charge in [-0.3, -0.25) is 14.9 Å². The number of carbonyl (C=O) groups excluding carboxylic acids is 1. The van der Waals surface area contributed by atoms with Crippen molar-refractivity contribution >= 4 is 34.2 Å². The number of alkyl halides is 19. The number of esters is 1. The second-order valence-corrected chi connectivity index (χ2v) is 10.6. The number of hydrogen-bond acceptors (Lipinski definition) is 6. The summed E-state index contributed by atoms with van der Waals surface area (Å²) in [5.74, 6) is -48.2. The van der Waals surface area contributed by atoms with E-state index in [0.717, 1.165) is 0 Å². The quantitative estimate of drug-likeness (QED) is 0.0643. The first kappa shape index (κ1) is 40.3. The number of ether oxygens (including phenoxy) is 1. The van der Waals surface area contributed by atoms with Crippen molar-refractivity contribution in [1.82, 2.24) is 0 Å². The zero-order chi connectivity index (χ0) is 36.0. The van der Waals surface area contributed by atoms with E-state index in [1.54, 1.807) is 0 Å². The van der Waals surface area contributed by atoms with Gasteiger partial charge in [-0.25, -0.2) is 13.0 Å². The van der Waals surface area contributed by atoms with E-state index >= 15 is 0 Å². The molecule has 0 N–H and O–H groups in total. The molecular formula is C18H8F19NO5S2. The summed E-state index contributed by atoms with van der Waals surface area (Å²) in [4.78, 5) is 18.4. The highest BCUT2D eigenvalue weighted by molar-refractivity contribution is 8.00. The molecule has 0 heterocycles. The summed E-state index contributed by atoms with van der Waals surface area (Å²) in [6, 6.07) is -0.0841. The molecule has 0 aromatic heterocycles. The van der Waals surface area contributed by atoms with Gasteiger partial charge in [0.15, 0.2) is 6.61 Å². The molecule has 0 aliphatic carbocycles. The number of nitrogens with zero attached hydrogens (tertiary/aromatic N) is 1. The smallest absolute Gasteiger partial charge is 0.458 e. The van der Waals surface area contributed by atoms with Crippen LogP contribution in [0.2, 0.25) is 0 Å². The molecule has 1 unspecified atom stereocenters. The van der Waals surface area contributed by atoms with Crippen molar-refractivity contribution in [3.05, 3.63) is 28.3 Å². The summed E-state index contributed by atoms with van der Waals surface area (Å²) < 4.78 is 263. The molecule has 27 heteroatoms. The molecule has 0 fully saturated rings. The van der Waals surface area contributed by atoms with Crippen molar-refractivity contribution in [1.29, 1.82) is 0 Å². The van der Waals surface area contributed by atoms with Crippen LogP contribution in [0.5, 0.6) is 0 Å². The monoisotopic (exact) mass is 743 g/mol. The molecule has 0 amide bonds. The van der Waals surface area contributed by atoms with Gasteiger partial charge in [0, 0.05) is 6.07 Å². The normalized spacial score (nSPS) is 15.3. The van der Waals surface area contributed by atoms with E-state index in [9.17, 15) is 103 Å². The van der Waals surface area contributed by atoms with Gasteiger partial charge < -0.3 is 4.74 Å². The van der Waals surface area contributed by atoms with Crippen molar-refractivity contribution in [3.8, 4) is 0 Å². The predicted molar refractivity (Wildman–Crippen MR) is 108 cm³/mol. The zero-order valence-electron chi connectivity index (χ0n) is 20.2. The highest BCUT2D eigenvalue weighted by atomic mass is 32.2. The third kappa shape index (κ3) is 7.01. The standard InChI is InChI=1S/C18H8F19NO5S2/c19-10(20)12(23,24)14(27,28)15(29,30)13(25,26)11(21,22)5-43-9(39)4-44-8-2-1-6(3-7(8)38(40)41)45(42)18(36,37)16(31,32)17(33,34)35/h1-3,10H,4-5H2. The maximum atomic E-state index is 13.7. The second kappa shape index (κ2) is 12.5. The zero-order valence-corrected chi connectivity index (χ0v) is 21.8. The average molecular weight is 743 g/mol. The first-order valence-electron chi connectivity index (χ1n) is 10.2. The third-order valence-corrected chi connectivity index (χ3v) is 7.44. The van der Waals surface area contributed by atoms with Crippen LogP contribution in [-0.4, -0.2) is 80.9 Å². The van der Waals surface area contributed by atoms with E-state index in [4.69, 9.17) is 0 Å². The molecule has 0 saturated carbocycles. The third-order valence-electron chi connectivity index (χ3n) is 5.00. The first-order valence-corrected chi connectivity index (χ1v) is 12.4. The maximum Gasteiger partial charge on any atom is 0.461 e. The van der Waals surface area contributed by atoms with Gasteiger partial charge in [0.2, 0.25) is 0 Å². The lowest BCUT2D eigenvalue weighted by Gasteiger charge is -2.38. The largest absolute Gasteiger partial charge is 0.461 e. The van der Waals surface area contributed by atoms with E-state index in [0.29, 0.717) is 0 Å². The molecule has 0 aliphatic rings. The molecule has 1 aromatic carbocycles. The fourth-order valence-corrected chi connectivity index (χ4v) is 4.38. The van der Waals surface area contributed by atoms with Crippen LogP contribution in [0, 0.1) is 10.1 Å². The first-order chi connectivity index (χ1) is 19.8. The Bertz CT molecular complexity index is 1300. The van der Waals surface area contributed by atoms with Gasteiger partial charge in [-0.05, 0) is 12.1 Å². The van der Waals surface area contributed by atoms with Gasteiger partial charge >= 0.3 is 59.4 Å². The molecule has 0 radical (unpaired) electrons. The molecule has 0 spiro atoms. The number of hydrogen-bond donors (Lipinski definition) is 0. The number of rotatable bonds is 14. The van der Waals surface area contributed by atoms with E-state index in [-0.39, 0.29) is 30.0 Å². The van der Waals surface area contributed by atoms with Gasteiger partial charge in [-0.15, -0.1) is 11.8 Å². The minimum atomic E-state index is -7.94. The minimum absolute atomic E-state index is 0.0171. The van der Waals surface area contributed by atoms with Gasteiger partial charge in [0.05, 0.1) is 20.5 Å². The molecule has 1 aromatic rings. The van der Waals surface area contributed by atoms with Crippen LogP contribution < -0.4 is 0 Å². The van der Waals surface area contributed by atoms with Gasteiger partial charge in [-0.2, -0.15) is 74.6 Å². The van der Waals surface area contributed by atoms with Crippen LogP contribution in [-0.2, 0) is 20.3 Å². The summed E-state index contributed by atoms with van der Waals surface area (Å²) in [5.41, 5.74) is -1.59. The summed E-state index contributed by atoms with van der Waals surface area (Å²) in [5, 5.41) is 4.72. The van der Waals surface area contributed by atoms with Crippen LogP contribution >= 0.6 is 11.8 Å². The lowest BCUT2D eigenvalue weighted by molar-refractivity contribution is -0.414. The number of nitro benzene ring substituents is 1. The fourth-order valence-electron chi connectivity index (χ4n) is 2.52. The van der Waals surface area contributed by atoms with Crippen LogP contribution in [0.3, 0.4) is 0 Å². The Labute approximate surface area is 240 Å². The van der Waals surface area contributed by atoms with Crippen LogP contribution in [0.25, 0.3) is 0 Å². The van der Waals surface area contributed by atoms with Gasteiger partial charge in [-0.1, -0.05) is 0 Å². The van der Waals surface area contributed by atoms with Crippen LogP contribution in [0.15, 0.2) is 28.0 Å². The van der Waals surface area contributed by atoms with Crippen molar-refractivity contribution in [3.63, 3.8) is 0 Å². The highest BCUT2D eigenvalue weighted by Gasteiger charge is 2.88. The Kier molecular flexibility index (Phi) is 11.2. The topological polar surface area (TPSA) is 86.5 Å². The lowest BCUT2D eigenvalue weighted by atomic mass is 9.94. The summed E-state index contributed by atoms with van der Waals surface area (Å²) in [6.45, 7) is -3.34. The van der Waals surface area contributed by atoms with Crippen molar-refractivity contribution in [2.75, 3.05) is 12.4 Å². The number of nitro groups is 1. The van der Waals surface area contributed by atoms with Gasteiger partial charge in [0.25, 0.3) is 5.69 Å². The maximum absolute atomic E-state index is 13.7. The Morgan fingerprint density at radius 2 is 1.31 bits per heavy atom. The van der Waals surface area contributed by atoms with E-state index in [2.05, 4.69) is 4.74 Å². The summed E-state index contributed by atoms with van der Waals surface area (Å²) in [7, 11) is -4.67. The minimum Gasteiger partial charge on any atom is -0.458 e. The lowest BCUT2D eigenvalue weighted by Crippen LogP contribution is -2.69. The predicted octanol–water partition coefficient (Wildman–Crippen LogP) is 7.57. The van der Waals surface area contributed by atoms with Gasteiger partial charge in [0.1, 0.15) is 10.8 Å². The fraction of sp³-hybridized carbons (Fsp3) is 0.611.